The Hall–Kier alpha value is -3.16. The van der Waals surface area contributed by atoms with Gasteiger partial charge < -0.3 is 23.7 Å². The third kappa shape index (κ3) is 2.38. The monoisotopic (exact) mass is 434 g/mol. The summed E-state index contributed by atoms with van der Waals surface area (Å²) in [7, 11) is 0. The van der Waals surface area contributed by atoms with Gasteiger partial charge in [-0.2, -0.15) is 15.8 Å². The number of nitriles is 3. The summed E-state index contributed by atoms with van der Waals surface area (Å²) >= 11 is 0. The van der Waals surface area contributed by atoms with Gasteiger partial charge in [0.1, 0.15) is 11.9 Å². The van der Waals surface area contributed by atoms with E-state index in [-0.39, 0.29) is 6.42 Å². The smallest absolute Gasteiger partial charge is 0.218 e. The molecule has 1 spiro atoms. The van der Waals surface area contributed by atoms with Crippen LogP contribution in [0.4, 0.5) is 0 Å². The number of hydrogen-bond acceptors (Lipinski definition) is 9. The predicted molar refractivity (Wildman–Crippen MR) is 107 cm³/mol. The van der Waals surface area contributed by atoms with Crippen LogP contribution in [0.3, 0.4) is 0 Å². The Morgan fingerprint density at radius 3 is 2.34 bits per heavy atom. The zero-order valence-electron chi connectivity index (χ0n) is 17.6. The quantitative estimate of drug-likeness (QED) is 0.765. The van der Waals surface area contributed by atoms with Gasteiger partial charge in [0.25, 0.3) is 0 Å². The summed E-state index contributed by atoms with van der Waals surface area (Å²) in [5, 5.41) is 39.8. The fourth-order valence-electron chi connectivity index (χ4n) is 5.76. The van der Waals surface area contributed by atoms with E-state index in [1.807, 2.05) is 6.92 Å². The molecule has 9 heteroatoms. The van der Waals surface area contributed by atoms with E-state index in [4.69, 9.17) is 29.1 Å². The first-order valence-electron chi connectivity index (χ1n) is 10.6. The minimum atomic E-state index is -2.01. The second-order valence-corrected chi connectivity index (χ2v) is 8.56. The summed E-state index contributed by atoms with van der Waals surface area (Å²) in [6, 6.07) is 13.2. The van der Waals surface area contributed by atoms with E-state index in [1.54, 1.807) is 24.3 Å². The van der Waals surface area contributed by atoms with Crippen molar-refractivity contribution >= 4 is 5.90 Å². The molecule has 1 aliphatic carbocycles. The predicted octanol–water partition coefficient (Wildman–Crippen LogP) is 2.95. The van der Waals surface area contributed by atoms with Crippen molar-refractivity contribution < 1.29 is 23.7 Å². The number of nitrogens with one attached hydrogen (secondary N) is 1. The van der Waals surface area contributed by atoms with Crippen LogP contribution in [-0.2, 0) is 18.9 Å². The van der Waals surface area contributed by atoms with E-state index < -0.39 is 40.3 Å². The van der Waals surface area contributed by atoms with Gasteiger partial charge in [-0.25, -0.2) is 0 Å². The van der Waals surface area contributed by atoms with E-state index in [1.165, 1.54) is 0 Å². The fourth-order valence-corrected chi connectivity index (χ4v) is 5.76. The van der Waals surface area contributed by atoms with Crippen molar-refractivity contribution in [1.29, 1.82) is 21.2 Å². The molecule has 0 amide bonds. The molecule has 3 heterocycles. The van der Waals surface area contributed by atoms with Crippen LogP contribution in [0.1, 0.15) is 37.9 Å². The Morgan fingerprint density at radius 1 is 1.06 bits per heavy atom. The number of ether oxygens (including phenoxy) is 5. The molecule has 4 unspecified atom stereocenters. The van der Waals surface area contributed by atoms with Crippen molar-refractivity contribution in [2.75, 3.05) is 19.8 Å². The lowest BCUT2D eigenvalue weighted by atomic mass is 9.51. The minimum Gasteiger partial charge on any atom is -0.494 e. The van der Waals surface area contributed by atoms with Crippen LogP contribution in [0.5, 0.6) is 5.75 Å². The van der Waals surface area contributed by atoms with Gasteiger partial charge in [0.2, 0.25) is 17.1 Å². The summed E-state index contributed by atoms with van der Waals surface area (Å²) in [5.74, 6) is -2.77. The molecule has 4 aliphatic rings. The normalized spacial score (nSPS) is 35.8. The first-order valence-corrected chi connectivity index (χ1v) is 10.6. The maximum Gasteiger partial charge on any atom is 0.218 e. The van der Waals surface area contributed by atoms with Crippen LogP contribution in [0.25, 0.3) is 0 Å². The van der Waals surface area contributed by atoms with Gasteiger partial charge in [-0.15, -0.1) is 0 Å². The molecule has 1 saturated carbocycles. The maximum absolute atomic E-state index is 10.5. The zero-order valence-corrected chi connectivity index (χ0v) is 17.6. The third-order valence-electron chi connectivity index (χ3n) is 7.23. The van der Waals surface area contributed by atoms with Crippen LogP contribution >= 0.6 is 0 Å². The third-order valence-corrected chi connectivity index (χ3v) is 7.23. The molecule has 0 aromatic heterocycles. The van der Waals surface area contributed by atoms with Gasteiger partial charge in [0.15, 0.2) is 11.2 Å². The lowest BCUT2D eigenvalue weighted by molar-refractivity contribution is -0.330. The highest BCUT2D eigenvalue weighted by atomic mass is 16.7. The van der Waals surface area contributed by atoms with Crippen molar-refractivity contribution in [3.8, 4) is 24.0 Å². The molecular formula is C23H22N4O5. The van der Waals surface area contributed by atoms with Crippen molar-refractivity contribution in [3.63, 3.8) is 0 Å². The topological polar surface area (TPSA) is 141 Å². The Labute approximate surface area is 185 Å². The van der Waals surface area contributed by atoms with E-state index >= 15 is 0 Å². The van der Waals surface area contributed by atoms with Gasteiger partial charge >= 0.3 is 0 Å². The summed E-state index contributed by atoms with van der Waals surface area (Å²) in [4.78, 5) is 0. The molecule has 9 nitrogen and oxygen atoms in total. The molecule has 0 radical (unpaired) electrons. The molecular weight excluding hydrogens is 412 g/mol. The summed E-state index contributed by atoms with van der Waals surface area (Å²) in [5.41, 5.74) is -3.30. The van der Waals surface area contributed by atoms with Gasteiger partial charge in [-0.3, -0.25) is 5.41 Å². The minimum absolute atomic E-state index is 0.198. The molecule has 4 fully saturated rings. The highest BCUT2D eigenvalue weighted by Gasteiger charge is 2.82. The highest BCUT2D eigenvalue weighted by Crippen LogP contribution is 2.70. The molecule has 1 aromatic rings. The average molecular weight is 434 g/mol. The summed E-state index contributed by atoms with van der Waals surface area (Å²) in [6.45, 7) is 3.22. The number of benzene rings is 1. The largest absolute Gasteiger partial charge is 0.494 e. The Morgan fingerprint density at radius 2 is 1.75 bits per heavy atom. The van der Waals surface area contributed by atoms with Crippen molar-refractivity contribution in [1.82, 2.24) is 0 Å². The van der Waals surface area contributed by atoms with Crippen molar-refractivity contribution in [2.45, 2.75) is 43.9 Å². The van der Waals surface area contributed by atoms with E-state index in [9.17, 15) is 15.8 Å². The number of hydrogen-bond donors (Lipinski definition) is 1. The summed E-state index contributed by atoms with van der Waals surface area (Å²) < 4.78 is 29.6. The molecule has 2 bridgehead atoms. The first kappa shape index (κ1) is 20.7. The second-order valence-electron chi connectivity index (χ2n) is 8.56. The number of nitrogens with zero attached hydrogens (tertiary/aromatic N) is 3. The first-order chi connectivity index (χ1) is 15.4. The average Bonchev–Trinajstić information content (AvgIpc) is 3.34. The maximum atomic E-state index is 10.5. The van der Waals surface area contributed by atoms with Crippen LogP contribution in [-0.4, -0.2) is 37.3 Å². The van der Waals surface area contributed by atoms with Gasteiger partial charge in [-0.05, 0) is 24.6 Å². The zero-order chi connectivity index (χ0) is 22.6. The van der Waals surface area contributed by atoms with E-state index in [2.05, 4.69) is 18.2 Å². The molecule has 3 saturated heterocycles. The van der Waals surface area contributed by atoms with Gasteiger partial charge in [-0.1, -0.05) is 12.1 Å². The molecule has 5 rings (SSSR count). The van der Waals surface area contributed by atoms with E-state index in [0.29, 0.717) is 44.0 Å². The second kappa shape index (κ2) is 6.92. The van der Waals surface area contributed by atoms with Crippen LogP contribution < -0.4 is 4.74 Å². The Kier molecular flexibility index (Phi) is 4.48. The molecule has 1 N–H and O–H groups in total. The van der Waals surface area contributed by atoms with Gasteiger partial charge in [0.05, 0.1) is 43.9 Å². The van der Waals surface area contributed by atoms with Crippen LogP contribution in [0, 0.1) is 56.2 Å². The lowest BCUT2D eigenvalue weighted by Gasteiger charge is -2.54. The van der Waals surface area contributed by atoms with Crippen molar-refractivity contribution in [3.05, 3.63) is 29.8 Å². The molecule has 4 atom stereocenters. The Bertz CT molecular complexity index is 1060. The van der Waals surface area contributed by atoms with E-state index in [0.717, 1.165) is 0 Å². The lowest BCUT2D eigenvalue weighted by Crippen LogP contribution is -2.63. The van der Waals surface area contributed by atoms with Gasteiger partial charge in [0, 0.05) is 19.3 Å². The standard InChI is InChI=1S/C23H22N4O5/c1-2-28-16-5-3-15(4-6-16)18-20(12-24,13-25)22(14-26)17-11-21(29-9-10-30-21)7-8-23(17,31-18)32-19(22)27/h3-6,17-18,27H,2,7-11H2,1H3. The highest BCUT2D eigenvalue weighted by molar-refractivity contribution is 5.89. The molecule has 3 aliphatic heterocycles. The van der Waals surface area contributed by atoms with Crippen molar-refractivity contribution in [2.24, 2.45) is 16.7 Å². The molecule has 32 heavy (non-hydrogen) atoms. The van der Waals surface area contributed by atoms with Crippen LogP contribution in [0.15, 0.2) is 24.3 Å². The molecule has 1 aromatic carbocycles. The Balaban J connectivity index is 1.66. The molecule has 164 valence electrons. The summed E-state index contributed by atoms with van der Waals surface area (Å²) in [6.07, 6.45) is -0.125. The number of rotatable bonds is 3. The fraction of sp³-hybridized carbons (Fsp3) is 0.565. The SMILES string of the molecule is CCOc1ccc(C2OC34CCC5(CC3C(C#N)(C(=N)O4)C2(C#N)C#N)OCCO5)cc1. The van der Waals surface area contributed by atoms with Crippen LogP contribution in [0.2, 0.25) is 0 Å².